The van der Waals surface area contributed by atoms with Gasteiger partial charge in [-0.15, -0.1) is 0 Å². The molecule has 19 heavy (non-hydrogen) atoms. The Labute approximate surface area is 111 Å². The quantitative estimate of drug-likeness (QED) is 0.512. The molecule has 0 aliphatic heterocycles. The summed E-state index contributed by atoms with van der Waals surface area (Å²) >= 11 is 0. The van der Waals surface area contributed by atoms with Crippen molar-refractivity contribution >= 4 is 11.5 Å². The number of carbonyl (C=O) groups excluding carboxylic acids is 1. The van der Waals surface area contributed by atoms with Gasteiger partial charge in [-0.2, -0.15) is 5.26 Å². The van der Waals surface area contributed by atoms with Crippen LogP contribution in [0.2, 0.25) is 0 Å². The lowest BCUT2D eigenvalue weighted by Gasteiger charge is -2.02. The SMILES string of the molecule is N#C/C(=C\Nc1ccccc1)C(=O)c1ccccc1. The molecule has 0 aromatic heterocycles. The summed E-state index contributed by atoms with van der Waals surface area (Å²) in [5, 5.41) is 12.0. The van der Waals surface area contributed by atoms with Crippen LogP contribution in [0.4, 0.5) is 5.69 Å². The van der Waals surface area contributed by atoms with Crippen molar-refractivity contribution in [3.05, 3.63) is 78.0 Å². The number of nitrogens with zero attached hydrogens (tertiary/aromatic N) is 1. The Morgan fingerprint density at radius 1 is 1.00 bits per heavy atom. The highest BCUT2D eigenvalue weighted by Crippen LogP contribution is 2.10. The first-order valence-corrected chi connectivity index (χ1v) is 5.83. The number of allylic oxidation sites excluding steroid dienone is 1. The summed E-state index contributed by atoms with van der Waals surface area (Å²) in [5.74, 6) is -0.286. The van der Waals surface area contributed by atoms with E-state index in [4.69, 9.17) is 5.26 Å². The Bertz CT molecular complexity index is 625. The Balaban J connectivity index is 2.17. The van der Waals surface area contributed by atoms with Crippen molar-refractivity contribution in [3.63, 3.8) is 0 Å². The van der Waals surface area contributed by atoms with E-state index in [0.29, 0.717) is 5.56 Å². The molecule has 2 aromatic rings. The number of nitrogens with one attached hydrogen (secondary N) is 1. The van der Waals surface area contributed by atoms with Crippen molar-refractivity contribution < 1.29 is 4.79 Å². The van der Waals surface area contributed by atoms with E-state index in [1.54, 1.807) is 24.3 Å². The number of Topliss-reactive ketones (excluding diaryl/α,β-unsaturated/α-hetero) is 1. The van der Waals surface area contributed by atoms with Gasteiger partial charge in [0.2, 0.25) is 5.78 Å². The molecule has 0 bridgehead atoms. The van der Waals surface area contributed by atoms with Gasteiger partial charge >= 0.3 is 0 Å². The van der Waals surface area contributed by atoms with Crippen LogP contribution < -0.4 is 5.32 Å². The van der Waals surface area contributed by atoms with Gasteiger partial charge < -0.3 is 5.32 Å². The molecule has 92 valence electrons. The molecule has 0 aliphatic carbocycles. The van der Waals surface area contributed by atoms with Crippen LogP contribution in [-0.4, -0.2) is 5.78 Å². The molecule has 3 heteroatoms. The molecule has 0 spiro atoms. The van der Waals surface area contributed by atoms with Crippen LogP contribution in [0.5, 0.6) is 0 Å². The van der Waals surface area contributed by atoms with Crippen molar-refractivity contribution in [1.29, 1.82) is 5.26 Å². The molecular weight excluding hydrogens is 236 g/mol. The summed E-state index contributed by atoms with van der Waals surface area (Å²) in [4.78, 5) is 12.1. The predicted octanol–water partition coefficient (Wildman–Crippen LogP) is 3.39. The number of hydrogen-bond donors (Lipinski definition) is 1. The normalized spacial score (nSPS) is 10.6. The number of anilines is 1. The summed E-state index contributed by atoms with van der Waals surface area (Å²) in [5.41, 5.74) is 1.41. The van der Waals surface area contributed by atoms with Crippen LogP contribution in [0.1, 0.15) is 10.4 Å². The highest BCUT2D eigenvalue weighted by molar-refractivity contribution is 6.11. The summed E-state index contributed by atoms with van der Waals surface area (Å²) < 4.78 is 0. The van der Waals surface area contributed by atoms with Crippen LogP contribution >= 0.6 is 0 Å². The van der Waals surface area contributed by atoms with E-state index in [0.717, 1.165) is 5.69 Å². The second-order valence-corrected chi connectivity index (χ2v) is 3.88. The zero-order valence-corrected chi connectivity index (χ0v) is 10.2. The molecule has 0 heterocycles. The molecule has 3 nitrogen and oxygen atoms in total. The first-order chi connectivity index (χ1) is 9.31. The van der Waals surface area contributed by atoms with Crippen molar-refractivity contribution in [1.82, 2.24) is 0 Å². The summed E-state index contributed by atoms with van der Waals surface area (Å²) in [6.07, 6.45) is 1.44. The number of para-hydroxylation sites is 1. The molecular formula is C16H12N2O. The zero-order chi connectivity index (χ0) is 13.5. The Morgan fingerprint density at radius 3 is 2.16 bits per heavy atom. The predicted molar refractivity (Wildman–Crippen MR) is 74.5 cm³/mol. The Hall–Kier alpha value is -2.86. The van der Waals surface area contributed by atoms with Crippen molar-refractivity contribution in [2.24, 2.45) is 0 Å². The molecule has 2 aromatic carbocycles. The van der Waals surface area contributed by atoms with E-state index in [9.17, 15) is 4.79 Å². The molecule has 0 radical (unpaired) electrons. The smallest absolute Gasteiger partial charge is 0.205 e. The number of ketones is 1. The minimum atomic E-state index is -0.286. The largest absolute Gasteiger partial charge is 0.360 e. The van der Waals surface area contributed by atoms with E-state index in [2.05, 4.69) is 5.32 Å². The maximum atomic E-state index is 12.1. The van der Waals surface area contributed by atoms with Gasteiger partial charge in [0.15, 0.2) is 0 Å². The van der Waals surface area contributed by atoms with Gasteiger partial charge in [0, 0.05) is 17.5 Å². The van der Waals surface area contributed by atoms with E-state index < -0.39 is 0 Å². The maximum Gasteiger partial charge on any atom is 0.205 e. The van der Waals surface area contributed by atoms with E-state index in [1.807, 2.05) is 42.5 Å². The van der Waals surface area contributed by atoms with Crippen molar-refractivity contribution in [2.45, 2.75) is 0 Å². The van der Waals surface area contributed by atoms with Gasteiger partial charge in [-0.3, -0.25) is 4.79 Å². The number of hydrogen-bond acceptors (Lipinski definition) is 3. The van der Waals surface area contributed by atoms with Gasteiger partial charge in [-0.25, -0.2) is 0 Å². The van der Waals surface area contributed by atoms with Crippen LogP contribution in [0, 0.1) is 11.3 Å². The van der Waals surface area contributed by atoms with Crippen LogP contribution in [-0.2, 0) is 0 Å². The van der Waals surface area contributed by atoms with Gasteiger partial charge in [-0.05, 0) is 12.1 Å². The van der Waals surface area contributed by atoms with E-state index >= 15 is 0 Å². The third-order valence-corrected chi connectivity index (χ3v) is 2.56. The number of nitriles is 1. The second-order valence-electron chi connectivity index (χ2n) is 3.88. The maximum absolute atomic E-state index is 12.1. The van der Waals surface area contributed by atoms with Gasteiger partial charge in [0.1, 0.15) is 11.6 Å². The average molecular weight is 248 g/mol. The molecule has 0 atom stereocenters. The van der Waals surface area contributed by atoms with Gasteiger partial charge in [-0.1, -0.05) is 48.5 Å². The van der Waals surface area contributed by atoms with Gasteiger partial charge in [0.05, 0.1) is 0 Å². The fourth-order valence-electron chi connectivity index (χ4n) is 1.58. The minimum Gasteiger partial charge on any atom is -0.360 e. The Kier molecular flexibility index (Phi) is 4.09. The highest BCUT2D eigenvalue weighted by Gasteiger charge is 2.10. The molecule has 0 fully saturated rings. The lowest BCUT2D eigenvalue weighted by Crippen LogP contribution is -2.04. The number of rotatable bonds is 4. The third kappa shape index (κ3) is 3.30. The van der Waals surface area contributed by atoms with Gasteiger partial charge in [0.25, 0.3) is 0 Å². The zero-order valence-electron chi connectivity index (χ0n) is 10.2. The molecule has 0 amide bonds. The summed E-state index contributed by atoms with van der Waals surface area (Å²) in [7, 11) is 0. The highest BCUT2D eigenvalue weighted by atomic mass is 16.1. The van der Waals surface area contributed by atoms with Crippen LogP contribution in [0.3, 0.4) is 0 Å². The molecule has 0 saturated carbocycles. The third-order valence-electron chi connectivity index (χ3n) is 2.56. The first kappa shape index (κ1) is 12.6. The minimum absolute atomic E-state index is 0.0788. The van der Waals surface area contributed by atoms with E-state index in [1.165, 1.54) is 6.20 Å². The monoisotopic (exact) mass is 248 g/mol. The summed E-state index contributed by atoms with van der Waals surface area (Å²) in [6, 6.07) is 20.0. The molecule has 0 aliphatic rings. The lowest BCUT2D eigenvalue weighted by molar-refractivity contribution is 0.103. The van der Waals surface area contributed by atoms with Crippen molar-refractivity contribution in [3.8, 4) is 6.07 Å². The molecule has 2 rings (SSSR count). The number of carbonyl (C=O) groups is 1. The molecule has 0 saturated heterocycles. The fourth-order valence-corrected chi connectivity index (χ4v) is 1.58. The number of benzene rings is 2. The standard InChI is InChI=1S/C16H12N2O/c17-11-14(12-18-15-9-5-2-6-10-15)16(19)13-7-3-1-4-8-13/h1-10,12,18H/b14-12+. The summed E-state index contributed by atoms with van der Waals surface area (Å²) in [6.45, 7) is 0. The van der Waals surface area contributed by atoms with E-state index in [-0.39, 0.29) is 11.4 Å². The Morgan fingerprint density at radius 2 is 1.58 bits per heavy atom. The second kappa shape index (κ2) is 6.18. The van der Waals surface area contributed by atoms with Crippen molar-refractivity contribution in [2.75, 3.05) is 5.32 Å². The van der Waals surface area contributed by atoms with Crippen LogP contribution in [0.15, 0.2) is 72.4 Å². The topological polar surface area (TPSA) is 52.9 Å². The first-order valence-electron chi connectivity index (χ1n) is 5.83. The average Bonchev–Trinajstić information content (AvgIpc) is 2.49. The molecule has 0 unspecified atom stereocenters. The fraction of sp³-hybridized carbons (Fsp3) is 0. The molecule has 1 N–H and O–H groups in total. The van der Waals surface area contributed by atoms with Crippen LogP contribution in [0.25, 0.3) is 0 Å². The lowest BCUT2D eigenvalue weighted by atomic mass is 10.1.